The third-order valence-electron chi connectivity index (χ3n) is 21.9. The summed E-state index contributed by atoms with van der Waals surface area (Å²) in [5, 5.41) is 134. The van der Waals surface area contributed by atoms with Crippen molar-refractivity contribution in [3.8, 4) is 0 Å². The summed E-state index contributed by atoms with van der Waals surface area (Å²) in [5.41, 5.74) is 0.867. The topological polar surface area (TPSA) is 450 Å². The SMILES string of the molecule is CCC(OC1CC(OC(=O)C(CC)C(O)c2ccc3c(c2)C(=O)C=C(C)C3=O)C(OC)C(C)O1)C(C)C(O)C(C)C(O)C(C)C1OC(=O)C=CC(C)C(O)CC(O)CCCC(C)CCC(C)C(O)C(=O)C2(O)OC(CC(O)CC(O)CC(O)CCCC(O)C3OC3C1C)CC(S(=O)(=O)O)C2O. The molecule has 1 aliphatic carbocycles. The molecule has 30 unspecified atom stereocenters. The Hall–Kier alpha value is -4.12. The van der Waals surface area contributed by atoms with Crippen molar-refractivity contribution in [1.82, 2.24) is 0 Å². The molecule has 0 spiro atoms. The number of carbonyl (C=O) groups is 5. The van der Waals surface area contributed by atoms with Crippen LogP contribution in [0.2, 0.25) is 0 Å². The molecule has 13 N–H and O–H groups in total. The fourth-order valence-corrected chi connectivity index (χ4v) is 16.1. The van der Waals surface area contributed by atoms with E-state index in [1.54, 1.807) is 55.4 Å². The monoisotopic (exact) mass is 1460 g/mol. The van der Waals surface area contributed by atoms with Crippen LogP contribution >= 0.6 is 0 Å². The van der Waals surface area contributed by atoms with Crippen LogP contribution in [0.3, 0.4) is 0 Å². The molecule has 1 aromatic carbocycles. The molecular formula is C73H116O27S. The number of hydrogen-bond acceptors (Lipinski definition) is 26. The van der Waals surface area contributed by atoms with Gasteiger partial charge in [0.2, 0.25) is 5.78 Å². The van der Waals surface area contributed by atoms with Crippen molar-refractivity contribution in [2.75, 3.05) is 7.11 Å². The van der Waals surface area contributed by atoms with E-state index in [0.717, 1.165) is 6.08 Å². The summed E-state index contributed by atoms with van der Waals surface area (Å²) in [6, 6.07) is 4.39. The van der Waals surface area contributed by atoms with Crippen molar-refractivity contribution in [2.45, 2.75) is 312 Å². The van der Waals surface area contributed by atoms with Gasteiger partial charge in [0.15, 0.2) is 17.9 Å². The highest BCUT2D eigenvalue weighted by atomic mass is 32.2. The van der Waals surface area contributed by atoms with Crippen molar-refractivity contribution in [3.05, 3.63) is 58.7 Å². The molecule has 0 aromatic heterocycles. The number of ketones is 3. The maximum absolute atomic E-state index is 14.0. The van der Waals surface area contributed by atoms with E-state index in [9.17, 15) is 98.2 Å². The molecule has 6 rings (SSSR count). The van der Waals surface area contributed by atoms with Gasteiger partial charge in [-0.2, -0.15) is 8.42 Å². The van der Waals surface area contributed by atoms with Gasteiger partial charge in [-0.05, 0) is 127 Å². The van der Waals surface area contributed by atoms with Crippen LogP contribution < -0.4 is 0 Å². The average Bonchev–Trinajstić information content (AvgIpc) is 1.71. The Bertz CT molecular complexity index is 3050. The minimum atomic E-state index is -5.16. The first-order valence-corrected chi connectivity index (χ1v) is 37.7. The predicted molar refractivity (Wildman–Crippen MR) is 364 cm³/mol. The van der Waals surface area contributed by atoms with Crippen molar-refractivity contribution in [2.24, 2.45) is 47.3 Å². The van der Waals surface area contributed by atoms with Crippen LogP contribution in [0, 0.1) is 47.3 Å². The molecule has 27 nitrogen and oxygen atoms in total. The van der Waals surface area contributed by atoms with E-state index in [1.807, 2.05) is 13.8 Å². The highest BCUT2D eigenvalue weighted by Gasteiger charge is 2.59. The molecule has 4 aliphatic heterocycles. The van der Waals surface area contributed by atoms with Gasteiger partial charge in [-0.3, -0.25) is 23.7 Å². The lowest BCUT2D eigenvalue weighted by Gasteiger charge is -2.44. The van der Waals surface area contributed by atoms with Gasteiger partial charge in [0.1, 0.15) is 41.9 Å². The number of esters is 2. The number of cyclic esters (lactones) is 1. The van der Waals surface area contributed by atoms with Crippen LogP contribution in [-0.4, -0.2) is 238 Å². The van der Waals surface area contributed by atoms with Crippen LogP contribution in [0.4, 0.5) is 0 Å². The number of ether oxygens (including phenoxy) is 7. The van der Waals surface area contributed by atoms with Crippen molar-refractivity contribution in [3.63, 3.8) is 0 Å². The maximum atomic E-state index is 14.0. The molecule has 1 aromatic rings. The zero-order valence-corrected chi connectivity index (χ0v) is 61.3. The zero-order chi connectivity index (χ0) is 75.4. The summed E-state index contributed by atoms with van der Waals surface area (Å²) in [4.78, 5) is 67.4. The van der Waals surface area contributed by atoms with Gasteiger partial charge < -0.3 is 94.4 Å². The highest BCUT2D eigenvalue weighted by molar-refractivity contribution is 7.86. The Morgan fingerprint density at radius 2 is 1.36 bits per heavy atom. The van der Waals surface area contributed by atoms with E-state index < -0.39 is 228 Å². The summed E-state index contributed by atoms with van der Waals surface area (Å²) in [6.45, 7) is 18.7. The molecule has 2 bridgehead atoms. The van der Waals surface area contributed by atoms with E-state index in [4.69, 9.17) is 33.2 Å². The van der Waals surface area contributed by atoms with Gasteiger partial charge in [-0.1, -0.05) is 93.7 Å². The molecular weight excluding hydrogens is 1340 g/mol. The molecule has 0 saturated carbocycles. The normalized spacial score (nSPS) is 38.0. The second-order valence-corrected chi connectivity index (χ2v) is 31.5. The number of rotatable bonds is 16. The number of fused-ring (bicyclic) bond motifs is 4. The molecule has 30 atom stereocenters. The number of aliphatic hydroxyl groups excluding tert-OH is 11. The van der Waals surface area contributed by atoms with E-state index >= 15 is 0 Å². The Morgan fingerprint density at radius 3 is 1.99 bits per heavy atom. The quantitative estimate of drug-likeness (QED) is 0.0626. The number of allylic oxidation sites excluding steroid dienone is 2. The highest BCUT2D eigenvalue weighted by Crippen LogP contribution is 2.42. The second kappa shape index (κ2) is 37.9. The lowest BCUT2D eigenvalue weighted by Crippen LogP contribution is -2.66. The maximum Gasteiger partial charge on any atom is 0.330 e. The van der Waals surface area contributed by atoms with Crippen LogP contribution in [0.1, 0.15) is 211 Å². The molecule has 101 heavy (non-hydrogen) atoms. The first kappa shape index (κ1) is 85.8. The Balaban J connectivity index is 1.13. The number of carbonyl (C=O) groups excluding carboxylic acids is 5. The van der Waals surface area contributed by atoms with Gasteiger partial charge in [0, 0.05) is 65.9 Å². The van der Waals surface area contributed by atoms with Gasteiger partial charge in [-0.25, -0.2) is 4.79 Å². The van der Waals surface area contributed by atoms with E-state index in [-0.39, 0.29) is 86.2 Å². The molecule has 3 fully saturated rings. The fourth-order valence-electron chi connectivity index (χ4n) is 15.1. The average molecular weight is 1460 g/mol. The third-order valence-corrected chi connectivity index (χ3v) is 23.1. The summed E-state index contributed by atoms with van der Waals surface area (Å²) in [6.07, 6.45) is -19.2. The molecule has 0 amide bonds. The smallest absolute Gasteiger partial charge is 0.330 e. The van der Waals surface area contributed by atoms with Crippen LogP contribution in [0.25, 0.3) is 0 Å². The fraction of sp³-hybridized carbons (Fsp3) is 0.795. The summed E-state index contributed by atoms with van der Waals surface area (Å²) in [5.74, 6) is -12.9. The van der Waals surface area contributed by atoms with Crippen LogP contribution in [-0.2, 0) is 57.7 Å². The number of hydrogen-bond donors (Lipinski definition) is 13. The Kier molecular flexibility index (Phi) is 32.2. The van der Waals surface area contributed by atoms with E-state index in [2.05, 4.69) is 0 Å². The largest absolute Gasteiger partial charge is 0.459 e. The van der Waals surface area contributed by atoms with Gasteiger partial charge >= 0.3 is 11.9 Å². The van der Waals surface area contributed by atoms with Gasteiger partial charge in [-0.15, -0.1) is 0 Å². The lowest BCUT2D eigenvalue weighted by molar-refractivity contribution is -0.287. The third kappa shape index (κ3) is 22.5. The molecule has 4 heterocycles. The second-order valence-electron chi connectivity index (χ2n) is 29.8. The standard InChI is InChI=1S/C73H116O27S/c1-13-50(65(86)44-24-25-51-52(28-44)55(80)27-38(6)61(51)82)72(89)97-57-34-60(95-43(11)68(57)94-12)96-56(14-2)39(7)63(84)40(8)64(85)41(9)66-42(10)67-69(99-67)53(78)20-16-19-45(74)29-47(76)30-48(77)31-49-33-58(101(91,92)93)70(87)73(90,100-49)71(88)62(83)37(5)22-21-35(3)17-15-18-46(75)32-54(79)36(4)23-26-59(81)98-66/h23-28,35-37,39-43,45-50,53-54,56-58,60,62-70,74-79,83-87,90H,13-22,29-34H2,1-12H3,(H,91,92,93). The van der Waals surface area contributed by atoms with E-state index in [1.165, 1.54) is 44.4 Å². The summed E-state index contributed by atoms with van der Waals surface area (Å²) >= 11 is 0. The van der Waals surface area contributed by atoms with Crippen LogP contribution in [0.5, 0.6) is 0 Å². The van der Waals surface area contributed by atoms with Crippen molar-refractivity contribution in [1.29, 1.82) is 0 Å². The van der Waals surface area contributed by atoms with Crippen molar-refractivity contribution >= 4 is 39.4 Å². The van der Waals surface area contributed by atoms with Gasteiger partial charge in [0.05, 0.1) is 85.3 Å². The van der Waals surface area contributed by atoms with E-state index in [0.29, 0.717) is 31.3 Å². The molecule has 0 radical (unpaired) electrons. The Labute approximate surface area is 593 Å². The Morgan fingerprint density at radius 1 is 0.723 bits per heavy atom. The number of aliphatic hydroxyl groups is 12. The minimum Gasteiger partial charge on any atom is -0.459 e. The lowest BCUT2D eigenvalue weighted by atomic mass is 9.77. The first-order chi connectivity index (χ1) is 47.3. The number of Topliss-reactive ketones (excluding diaryl/α,β-unsaturated/α-hetero) is 2. The summed E-state index contributed by atoms with van der Waals surface area (Å²) < 4.78 is 77.6. The van der Waals surface area contributed by atoms with Gasteiger partial charge in [0.25, 0.3) is 15.9 Å². The predicted octanol–water partition coefficient (Wildman–Crippen LogP) is 4.22. The minimum absolute atomic E-state index is 0.0128. The van der Waals surface area contributed by atoms with Crippen molar-refractivity contribution < 1.29 is 131 Å². The number of benzene rings is 1. The number of methoxy groups -OCH3 is 1. The number of epoxide rings is 1. The zero-order valence-electron chi connectivity index (χ0n) is 60.5. The molecule has 3 saturated heterocycles. The van der Waals surface area contributed by atoms with Crippen LogP contribution in [0.15, 0.2) is 42.0 Å². The summed E-state index contributed by atoms with van der Waals surface area (Å²) in [7, 11) is -3.72. The molecule has 28 heteroatoms. The molecule has 5 aliphatic rings. The molecule has 576 valence electrons. The first-order valence-electron chi connectivity index (χ1n) is 36.2.